The summed E-state index contributed by atoms with van der Waals surface area (Å²) in [6.07, 6.45) is 5.30. The molecule has 1 amide bonds. The molecule has 31 heavy (non-hydrogen) atoms. The van der Waals surface area contributed by atoms with Crippen LogP contribution in [0.5, 0.6) is 0 Å². The number of carbonyl (C=O) groups is 1. The first-order valence-corrected chi connectivity index (χ1v) is 13.0. The van der Waals surface area contributed by atoms with Crippen molar-refractivity contribution in [2.75, 3.05) is 18.4 Å². The monoisotopic (exact) mass is 455 g/mol. The number of amides is 1. The highest BCUT2D eigenvalue weighted by Gasteiger charge is 2.32. The van der Waals surface area contributed by atoms with E-state index in [0.29, 0.717) is 36.0 Å². The first-order valence-electron chi connectivity index (χ1n) is 10.8. The maximum absolute atomic E-state index is 13.2. The number of fused-ring (bicyclic) bond motifs is 2. The van der Waals surface area contributed by atoms with Gasteiger partial charge in [-0.3, -0.25) is 4.79 Å². The number of piperidine rings is 1. The van der Waals surface area contributed by atoms with Crippen molar-refractivity contribution in [3.05, 3.63) is 53.6 Å². The second-order valence-electron chi connectivity index (χ2n) is 8.29. The number of thiazole rings is 1. The average Bonchev–Trinajstić information content (AvgIpc) is 3.21. The summed E-state index contributed by atoms with van der Waals surface area (Å²) in [5, 5.41) is 3.51. The van der Waals surface area contributed by atoms with Gasteiger partial charge >= 0.3 is 0 Å². The average molecular weight is 456 g/mol. The Morgan fingerprint density at radius 1 is 1.03 bits per heavy atom. The summed E-state index contributed by atoms with van der Waals surface area (Å²) in [5.74, 6) is -0.285. The van der Waals surface area contributed by atoms with E-state index in [1.54, 1.807) is 6.07 Å². The van der Waals surface area contributed by atoms with Crippen LogP contribution in [0.25, 0.3) is 10.2 Å². The van der Waals surface area contributed by atoms with Crippen molar-refractivity contribution in [2.45, 2.75) is 43.4 Å². The Labute approximate surface area is 186 Å². The van der Waals surface area contributed by atoms with Crippen LogP contribution in [0.1, 0.15) is 36.8 Å². The van der Waals surface area contributed by atoms with Gasteiger partial charge in [-0.05, 0) is 73.9 Å². The molecule has 8 heteroatoms. The Morgan fingerprint density at radius 3 is 2.55 bits per heavy atom. The molecule has 1 aliphatic heterocycles. The predicted octanol–water partition coefficient (Wildman–Crippen LogP) is 4.21. The molecular formula is C23H25N3O3S2. The van der Waals surface area contributed by atoms with Gasteiger partial charge < -0.3 is 5.32 Å². The lowest BCUT2D eigenvalue weighted by molar-refractivity contribution is -0.120. The van der Waals surface area contributed by atoms with E-state index in [-0.39, 0.29) is 11.8 Å². The molecule has 2 aliphatic rings. The summed E-state index contributed by atoms with van der Waals surface area (Å²) >= 11 is 1.45. The second-order valence-corrected chi connectivity index (χ2v) is 11.3. The zero-order valence-corrected chi connectivity index (χ0v) is 18.8. The van der Waals surface area contributed by atoms with Gasteiger partial charge in [-0.25, -0.2) is 13.4 Å². The predicted molar refractivity (Wildman–Crippen MR) is 123 cm³/mol. The van der Waals surface area contributed by atoms with E-state index in [4.69, 9.17) is 0 Å². The maximum Gasteiger partial charge on any atom is 0.243 e. The van der Waals surface area contributed by atoms with Crippen LogP contribution >= 0.6 is 11.3 Å². The normalized spacial score (nSPS) is 18.1. The van der Waals surface area contributed by atoms with Gasteiger partial charge in [-0.1, -0.05) is 29.5 Å². The molecule has 3 aromatic rings. The minimum absolute atomic E-state index is 0.0788. The second kappa shape index (κ2) is 8.33. The molecule has 2 aromatic carbocycles. The number of para-hydroxylation sites is 1. The lowest BCUT2D eigenvalue weighted by atomic mass is 9.92. The van der Waals surface area contributed by atoms with Crippen LogP contribution in [0.4, 0.5) is 5.13 Å². The van der Waals surface area contributed by atoms with Crippen molar-refractivity contribution >= 4 is 42.6 Å². The molecule has 0 atom stereocenters. The fourth-order valence-corrected chi connectivity index (χ4v) is 6.90. The Morgan fingerprint density at radius 2 is 1.77 bits per heavy atom. The van der Waals surface area contributed by atoms with E-state index >= 15 is 0 Å². The third-order valence-electron chi connectivity index (χ3n) is 6.31. The van der Waals surface area contributed by atoms with Gasteiger partial charge in [0.15, 0.2) is 5.13 Å². The molecule has 0 bridgehead atoms. The molecule has 0 radical (unpaired) electrons. The fourth-order valence-electron chi connectivity index (χ4n) is 4.51. The van der Waals surface area contributed by atoms with Gasteiger partial charge in [-0.2, -0.15) is 4.31 Å². The zero-order valence-electron chi connectivity index (χ0n) is 17.2. The Kier molecular flexibility index (Phi) is 5.54. The highest BCUT2D eigenvalue weighted by Crippen LogP contribution is 2.30. The number of sulfonamides is 1. The van der Waals surface area contributed by atoms with E-state index in [9.17, 15) is 13.2 Å². The molecule has 6 nitrogen and oxygen atoms in total. The largest absolute Gasteiger partial charge is 0.302 e. The first-order chi connectivity index (χ1) is 15.0. The third-order valence-corrected chi connectivity index (χ3v) is 9.15. The molecule has 1 saturated heterocycles. The van der Waals surface area contributed by atoms with Gasteiger partial charge in [0.1, 0.15) is 0 Å². The minimum Gasteiger partial charge on any atom is -0.302 e. The maximum atomic E-state index is 13.2. The van der Waals surface area contributed by atoms with Gasteiger partial charge in [0.2, 0.25) is 15.9 Å². The lowest BCUT2D eigenvalue weighted by Crippen LogP contribution is -2.41. The highest BCUT2D eigenvalue weighted by molar-refractivity contribution is 7.89. The number of aryl methyl sites for hydroxylation is 2. The summed E-state index contributed by atoms with van der Waals surface area (Å²) in [6.45, 7) is 0.717. The van der Waals surface area contributed by atoms with E-state index in [2.05, 4.69) is 10.3 Å². The summed E-state index contributed by atoms with van der Waals surface area (Å²) in [4.78, 5) is 17.6. The van der Waals surface area contributed by atoms with Gasteiger partial charge in [-0.15, -0.1) is 0 Å². The van der Waals surface area contributed by atoms with Crippen molar-refractivity contribution in [3.8, 4) is 0 Å². The number of hydrogen-bond acceptors (Lipinski definition) is 5. The van der Waals surface area contributed by atoms with Crippen molar-refractivity contribution in [1.82, 2.24) is 9.29 Å². The fraction of sp³-hybridized carbons (Fsp3) is 0.391. The van der Waals surface area contributed by atoms with Crippen LogP contribution in [0, 0.1) is 5.92 Å². The Balaban J connectivity index is 1.23. The minimum atomic E-state index is -3.53. The van der Waals surface area contributed by atoms with Crippen LogP contribution < -0.4 is 5.32 Å². The molecular weight excluding hydrogens is 430 g/mol. The number of nitrogens with zero attached hydrogens (tertiary/aromatic N) is 2. The van der Waals surface area contributed by atoms with Crippen molar-refractivity contribution in [2.24, 2.45) is 5.92 Å². The zero-order chi connectivity index (χ0) is 21.4. The number of benzene rings is 2. The van der Waals surface area contributed by atoms with Gasteiger partial charge in [0.05, 0.1) is 15.1 Å². The number of nitrogens with one attached hydrogen (secondary N) is 1. The van der Waals surface area contributed by atoms with Crippen LogP contribution in [0.2, 0.25) is 0 Å². The molecule has 2 heterocycles. The number of aromatic nitrogens is 1. The van der Waals surface area contributed by atoms with Crippen molar-refractivity contribution in [3.63, 3.8) is 0 Å². The van der Waals surface area contributed by atoms with Crippen LogP contribution in [0.15, 0.2) is 47.4 Å². The van der Waals surface area contributed by atoms with E-state index < -0.39 is 10.0 Å². The lowest BCUT2D eigenvalue weighted by Gasteiger charge is -2.30. The summed E-state index contributed by atoms with van der Waals surface area (Å²) < 4.78 is 28.9. The third kappa shape index (κ3) is 4.12. The number of hydrogen-bond donors (Lipinski definition) is 1. The summed E-state index contributed by atoms with van der Waals surface area (Å²) in [6, 6.07) is 13.3. The quantitative estimate of drug-likeness (QED) is 0.639. The Hall–Kier alpha value is -2.29. The van der Waals surface area contributed by atoms with Crippen LogP contribution in [0.3, 0.4) is 0 Å². The molecule has 1 aliphatic carbocycles. The van der Waals surface area contributed by atoms with E-state index in [1.165, 1.54) is 27.6 Å². The summed E-state index contributed by atoms with van der Waals surface area (Å²) in [7, 11) is -3.53. The van der Waals surface area contributed by atoms with E-state index in [1.807, 2.05) is 36.4 Å². The number of anilines is 1. The molecule has 162 valence electrons. The first kappa shape index (κ1) is 20.6. The molecule has 5 rings (SSSR count). The van der Waals surface area contributed by atoms with Crippen LogP contribution in [-0.2, 0) is 27.7 Å². The standard InChI is InChI=1S/C23H25N3O3S2/c27-22(25-23-24-20-7-3-4-8-21(20)30-23)17-11-13-26(14-12-17)31(28,29)19-10-9-16-5-1-2-6-18(16)15-19/h3-4,7-10,15,17H,1-2,5-6,11-14H2,(H,24,25,27). The molecule has 1 N–H and O–H groups in total. The molecule has 1 fully saturated rings. The molecule has 0 unspecified atom stereocenters. The smallest absolute Gasteiger partial charge is 0.243 e. The van der Waals surface area contributed by atoms with E-state index in [0.717, 1.165) is 35.0 Å². The molecule has 0 spiro atoms. The Bertz CT molecular complexity index is 1190. The molecule has 0 saturated carbocycles. The number of rotatable bonds is 4. The van der Waals surface area contributed by atoms with Crippen molar-refractivity contribution < 1.29 is 13.2 Å². The van der Waals surface area contributed by atoms with Crippen LogP contribution in [-0.4, -0.2) is 36.7 Å². The highest BCUT2D eigenvalue weighted by atomic mass is 32.2. The van der Waals surface area contributed by atoms with Gasteiger partial charge in [0.25, 0.3) is 0 Å². The topological polar surface area (TPSA) is 79.4 Å². The number of carbonyl (C=O) groups excluding carboxylic acids is 1. The van der Waals surface area contributed by atoms with Gasteiger partial charge in [0, 0.05) is 19.0 Å². The van der Waals surface area contributed by atoms with Crippen molar-refractivity contribution in [1.29, 1.82) is 0 Å². The summed E-state index contributed by atoms with van der Waals surface area (Å²) in [5.41, 5.74) is 3.31. The molecule has 1 aromatic heterocycles. The SMILES string of the molecule is O=C(Nc1nc2ccccc2s1)C1CCN(S(=O)(=O)c2ccc3c(c2)CCCC3)CC1.